The summed E-state index contributed by atoms with van der Waals surface area (Å²) in [6.45, 7) is 7.13. The van der Waals surface area contributed by atoms with Gasteiger partial charge in [-0.15, -0.1) is 0 Å². The number of carbonyl (C=O) groups is 1. The van der Waals surface area contributed by atoms with Crippen molar-refractivity contribution >= 4 is 29.2 Å². The van der Waals surface area contributed by atoms with Crippen LogP contribution in [0.1, 0.15) is 13.8 Å². The van der Waals surface area contributed by atoms with Crippen LogP contribution in [0.25, 0.3) is 0 Å². The van der Waals surface area contributed by atoms with Gasteiger partial charge in [0, 0.05) is 29.7 Å². The molecule has 136 valence electrons. The highest BCUT2D eigenvalue weighted by Crippen LogP contribution is 2.24. The minimum absolute atomic E-state index is 0.0710. The van der Waals surface area contributed by atoms with E-state index in [-0.39, 0.29) is 6.03 Å². The third-order valence-corrected chi connectivity index (χ3v) is 3.61. The summed E-state index contributed by atoms with van der Waals surface area (Å²) in [5, 5.41) is 3.99. The first kappa shape index (κ1) is 20.9. The molecule has 0 fully saturated rings. The summed E-state index contributed by atoms with van der Waals surface area (Å²) in [4.78, 5) is 16.1. The molecular weight excluding hydrogens is 349 g/mol. The third kappa shape index (κ3) is 8.62. The number of amides is 2. The van der Waals surface area contributed by atoms with Crippen molar-refractivity contribution in [2.45, 2.75) is 13.8 Å². The zero-order valence-corrected chi connectivity index (χ0v) is 16.3. The molecule has 2 amide bonds. The summed E-state index contributed by atoms with van der Waals surface area (Å²) in [7, 11) is 3.95. The first-order valence-electron chi connectivity index (χ1n) is 8.04. The van der Waals surface area contributed by atoms with E-state index in [4.69, 9.17) is 27.9 Å². The molecule has 5 nitrogen and oxygen atoms in total. The van der Waals surface area contributed by atoms with Crippen molar-refractivity contribution in [3.63, 3.8) is 0 Å². The molecule has 0 aliphatic rings. The lowest BCUT2D eigenvalue weighted by Crippen LogP contribution is -2.45. The van der Waals surface area contributed by atoms with Crippen molar-refractivity contribution in [2.75, 3.05) is 46.9 Å². The van der Waals surface area contributed by atoms with Crippen molar-refractivity contribution in [3.8, 4) is 5.75 Å². The molecule has 0 bridgehead atoms. The van der Waals surface area contributed by atoms with Crippen LogP contribution in [0.15, 0.2) is 18.2 Å². The molecular formula is C17H27Cl2N3O2. The number of hydrogen-bond acceptors (Lipinski definition) is 3. The van der Waals surface area contributed by atoms with Crippen molar-refractivity contribution in [1.29, 1.82) is 0 Å². The van der Waals surface area contributed by atoms with E-state index in [1.54, 1.807) is 23.1 Å². The molecule has 24 heavy (non-hydrogen) atoms. The molecule has 1 N–H and O–H groups in total. The molecule has 1 aromatic carbocycles. The fourth-order valence-electron chi connectivity index (χ4n) is 2.10. The van der Waals surface area contributed by atoms with Gasteiger partial charge >= 0.3 is 6.03 Å². The Bertz CT molecular complexity index is 504. The molecule has 0 unspecified atom stereocenters. The summed E-state index contributed by atoms with van der Waals surface area (Å²) < 4.78 is 5.67. The Labute approximate surface area is 154 Å². The third-order valence-electron chi connectivity index (χ3n) is 3.17. The molecule has 0 atom stereocenters. The summed E-state index contributed by atoms with van der Waals surface area (Å²) in [6, 6.07) is 4.99. The summed E-state index contributed by atoms with van der Waals surface area (Å²) in [5.41, 5.74) is 0. The van der Waals surface area contributed by atoms with E-state index >= 15 is 0 Å². The van der Waals surface area contributed by atoms with E-state index in [9.17, 15) is 4.79 Å². The SMILES string of the molecule is CC(C)CN(CCOc1cc(Cl)cc(Cl)c1)C(=O)NCCN(C)C. The maximum Gasteiger partial charge on any atom is 0.317 e. The molecule has 0 radical (unpaired) electrons. The lowest BCUT2D eigenvalue weighted by Gasteiger charge is -2.25. The quantitative estimate of drug-likeness (QED) is 0.716. The van der Waals surface area contributed by atoms with Crippen molar-refractivity contribution in [2.24, 2.45) is 5.92 Å². The maximum absolute atomic E-state index is 12.3. The van der Waals surface area contributed by atoms with E-state index in [2.05, 4.69) is 19.2 Å². The maximum atomic E-state index is 12.3. The van der Waals surface area contributed by atoms with Crippen molar-refractivity contribution in [3.05, 3.63) is 28.2 Å². The van der Waals surface area contributed by atoms with Crippen LogP contribution in [0.4, 0.5) is 4.79 Å². The molecule has 0 aliphatic heterocycles. The number of hydrogen-bond donors (Lipinski definition) is 1. The molecule has 0 heterocycles. The first-order valence-corrected chi connectivity index (χ1v) is 8.80. The van der Waals surface area contributed by atoms with Gasteiger partial charge in [-0.05, 0) is 38.2 Å². The predicted molar refractivity (Wildman–Crippen MR) is 100 cm³/mol. The van der Waals surface area contributed by atoms with E-state index in [0.717, 1.165) is 6.54 Å². The second-order valence-electron chi connectivity index (χ2n) is 6.33. The van der Waals surface area contributed by atoms with E-state index in [1.807, 2.05) is 19.0 Å². The van der Waals surface area contributed by atoms with Gasteiger partial charge in [0.25, 0.3) is 0 Å². The van der Waals surface area contributed by atoms with Gasteiger partial charge in [0.05, 0.1) is 6.54 Å². The van der Waals surface area contributed by atoms with Crippen LogP contribution in [0, 0.1) is 5.92 Å². The standard InChI is InChI=1S/C17H27Cl2N3O2/c1-13(2)12-22(17(23)20-5-6-21(3)4)7-8-24-16-10-14(18)9-15(19)11-16/h9-11,13H,5-8,12H2,1-4H3,(H,20,23). The monoisotopic (exact) mass is 375 g/mol. The van der Waals surface area contributed by atoms with Gasteiger partial charge in [-0.1, -0.05) is 37.0 Å². The van der Waals surface area contributed by atoms with Gasteiger partial charge in [0.1, 0.15) is 12.4 Å². The zero-order valence-electron chi connectivity index (χ0n) is 14.8. The summed E-state index contributed by atoms with van der Waals surface area (Å²) >= 11 is 11.9. The van der Waals surface area contributed by atoms with Crippen LogP contribution in [0.5, 0.6) is 5.75 Å². The predicted octanol–water partition coefficient (Wildman–Crippen LogP) is 3.60. The average Bonchev–Trinajstić information content (AvgIpc) is 2.44. The lowest BCUT2D eigenvalue weighted by atomic mass is 10.2. The van der Waals surface area contributed by atoms with Crippen LogP contribution in [0.2, 0.25) is 10.0 Å². The minimum Gasteiger partial charge on any atom is -0.492 e. The largest absolute Gasteiger partial charge is 0.492 e. The smallest absolute Gasteiger partial charge is 0.317 e. The van der Waals surface area contributed by atoms with Gasteiger partial charge in [-0.25, -0.2) is 4.79 Å². The fourth-order valence-corrected chi connectivity index (χ4v) is 2.61. The highest BCUT2D eigenvalue weighted by atomic mass is 35.5. The van der Waals surface area contributed by atoms with Gasteiger partial charge in [0.2, 0.25) is 0 Å². The number of nitrogens with zero attached hydrogens (tertiary/aromatic N) is 2. The molecule has 1 rings (SSSR count). The summed E-state index contributed by atoms with van der Waals surface area (Å²) in [5.74, 6) is 0.982. The van der Waals surface area contributed by atoms with Gasteiger partial charge in [0.15, 0.2) is 0 Å². The number of urea groups is 1. The van der Waals surface area contributed by atoms with Crippen LogP contribution in [-0.4, -0.2) is 62.7 Å². The molecule has 7 heteroatoms. The van der Waals surface area contributed by atoms with E-state index in [1.165, 1.54) is 0 Å². The molecule has 0 aliphatic carbocycles. The Hall–Kier alpha value is -1.17. The Morgan fingerprint density at radius 2 is 1.79 bits per heavy atom. The van der Waals surface area contributed by atoms with Gasteiger partial charge in [-0.3, -0.25) is 0 Å². The van der Waals surface area contributed by atoms with Crippen LogP contribution < -0.4 is 10.1 Å². The normalized spacial score (nSPS) is 11.0. The van der Waals surface area contributed by atoms with Crippen LogP contribution in [-0.2, 0) is 0 Å². The fraction of sp³-hybridized carbons (Fsp3) is 0.588. The topological polar surface area (TPSA) is 44.8 Å². The highest BCUT2D eigenvalue weighted by Gasteiger charge is 2.14. The first-order chi connectivity index (χ1) is 11.3. The second-order valence-corrected chi connectivity index (χ2v) is 7.20. The Kier molecular flexibility index (Phi) is 9.26. The van der Waals surface area contributed by atoms with Crippen LogP contribution >= 0.6 is 23.2 Å². The Morgan fingerprint density at radius 3 is 2.33 bits per heavy atom. The van der Waals surface area contributed by atoms with Crippen molar-refractivity contribution in [1.82, 2.24) is 15.1 Å². The number of rotatable bonds is 9. The number of nitrogens with one attached hydrogen (secondary N) is 1. The van der Waals surface area contributed by atoms with Crippen LogP contribution in [0.3, 0.4) is 0 Å². The lowest BCUT2D eigenvalue weighted by molar-refractivity contribution is 0.174. The molecule has 0 spiro atoms. The number of carbonyl (C=O) groups excluding carboxylic acids is 1. The van der Waals surface area contributed by atoms with E-state index in [0.29, 0.717) is 48.0 Å². The molecule has 0 saturated carbocycles. The van der Waals surface area contributed by atoms with Gasteiger partial charge < -0.3 is 19.9 Å². The van der Waals surface area contributed by atoms with Crippen molar-refractivity contribution < 1.29 is 9.53 Å². The Morgan fingerprint density at radius 1 is 1.17 bits per heavy atom. The van der Waals surface area contributed by atoms with E-state index < -0.39 is 0 Å². The van der Waals surface area contributed by atoms with Gasteiger partial charge in [-0.2, -0.15) is 0 Å². The molecule has 1 aromatic rings. The average molecular weight is 376 g/mol. The number of benzene rings is 1. The number of ether oxygens (including phenoxy) is 1. The number of halogens is 2. The number of likely N-dealkylation sites (N-methyl/N-ethyl adjacent to an activating group) is 1. The molecule has 0 saturated heterocycles. The second kappa shape index (κ2) is 10.6. The zero-order chi connectivity index (χ0) is 18.1. The Balaban J connectivity index is 2.51. The molecule has 0 aromatic heterocycles. The summed E-state index contributed by atoms with van der Waals surface area (Å²) in [6.07, 6.45) is 0. The minimum atomic E-state index is -0.0710. The highest BCUT2D eigenvalue weighted by molar-refractivity contribution is 6.34.